The maximum atomic E-state index is 13.0. The molecule has 2 aromatic carbocycles. The first-order valence-electron chi connectivity index (χ1n) is 10.8. The lowest BCUT2D eigenvalue weighted by Crippen LogP contribution is -2.42. The van der Waals surface area contributed by atoms with E-state index in [1.165, 1.54) is 27.8 Å². The highest BCUT2D eigenvalue weighted by Gasteiger charge is 2.33. The summed E-state index contributed by atoms with van der Waals surface area (Å²) in [6.07, 6.45) is -3.35. The van der Waals surface area contributed by atoms with E-state index in [1.54, 1.807) is 12.1 Å². The quantitative estimate of drug-likeness (QED) is 0.456. The predicted molar refractivity (Wildman–Crippen MR) is 124 cm³/mol. The van der Waals surface area contributed by atoms with Gasteiger partial charge < -0.3 is 15.2 Å². The number of halogens is 3. The van der Waals surface area contributed by atoms with Gasteiger partial charge in [-0.25, -0.2) is 18.2 Å². The number of hydrogen-bond donors (Lipinski definition) is 2. The molecule has 2 heterocycles. The molecule has 1 aliphatic heterocycles. The molecule has 1 saturated heterocycles. The Morgan fingerprint density at radius 2 is 1.97 bits per heavy atom. The van der Waals surface area contributed by atoms with Crippen LogP contribution in [0.15, 0.2) is 41.3 Å². The molecular formula is C22H22F3N3O5S2. The molecule has 3 aromatic rings. The molecule has 8 nitrogen and oxygen atoms in total. The summed E-state index contributed by atoms with van der Waals surface area (Å²) in [5.74, 6) is -1.60. The van der Waals surface area contributed by atoms with Crippen LogP contribution in [0.5, 0.6) is 5.75 Å². The number of alkyl halides is 3. The summed E-state index contributed by atoms with van der Waals surface area (Å²) >= 11 is 1.34. The summed E-state index contributed by atoms with van der Waals surface area (Å²) in [6, 6.07) is 7.49. The normalized spacial score (nSPS) is 15.9. The molecule has 0 saturated carbocycles. The zero-order valence-electron chi connectivity index (χ0n) is 18.5. The number of fused-ring (bicyclic) bond motifs is 1. The van der Waals surface area contributed by atoms with Crippen LogP contribution in [0.1, 0.15) is 35.7 Å². The van der Waals surface area contributed by atoms with Crippen molar-refractivity contribution >= 4 is 42.7 Å². The summed E-state index contributed by atoms with van der Waals surface area (Å²) in [7, 11) is -3.99. The minimum absolute atomic E-state index is 0.0640. The van der Waals surface area contributed by atoms with Gasteiger partial charge in [-0.2, -0.15) is 4.31 Å². The van der Waals surface area contributed by atoms with Gasteiger partial charge in [-0.15, -0.1) is 13.2 Å². The number of aromatic nitrogens is 1. The molecule has 35 heavy (non-hydrogen) atoms. The molecule has 1 aliphatic rings. The number of benzene rings is 2. The van der Waals surface area contributed by atoms with Gasteiger partial charge in [0.05, 0.1) is 20.7 Å². The molecule has 0 amide bonds. The van der Waals surface area contributed by atoms with Crippen LogP contribution >= 0.6 is 11.3 Å². The first-order valence-corrected chi connectivity index (χ1v) is 13.0. The molecule has 4 rings (SSSR count). The van der Waals surface area contributed by atoms with Crippen LogP contribution in [-0.2, 0) is 16.4 Å². The van der Waals surface area contributed by atoms with Crippen molar-refractivity contribution in [3.63, 3.8) is 0 Å². The highest BCUT2D eigenvalue weighted by atomic mass is 32.2. The smallest absolute Gasteiger partial charge is 0.478 e. The van der Waals surface area contributed by atoms with Crippen LogP contribution in [0.4, 0.5) is 18.3 Å². The number of anilines is 1. The fourth-order valence-corrected chi connectivity index (χ4v) is 6.48. The Kier molecular flexibility index (Phi) is 6.93. The van der Waals surface area contributed by atoms with Crippen LogP contribution in [-0.4, -0.2) is 54.3 Å². The number of carbonyl (C=O) groups is 1. The summed E-state index contributed by atoms with van der Waals surface area (Å²) in [5, 5.41) is 13.3. The van der Waals surface area contributed by atoms with E-state index < -0.39 is 28.1 Å². The van der Waals surface area contributed by atoms with E-state index in [4.69, 9.17) is 0 Å². The van der Waals surface area contributed by atoms with E-state index >= 15 is 0 Å². The van der Waals surface area contributed by atoms with Gasteiger partial charge in [0, 0.05) is 25.2 Å². The molecular weight excluding hydrogens is 507 g/mol. The Bertz CT molecular complexity index is 1350. The number of ether oxygens (including phenoxy) is 1. The Balaban J connectivity index is 1.44. The van der Waals surface area contributed by atoms with E-state index in [0.717, 1.165) is 27.9 Å². The summed E-state index contributed by atoms with van der Waals surface area (Å²) < 4.78 is 69.2. The van der Waals surface area contributed by atoms with E-state index in [2.05, 4.69) is 15.0 Å². The molecule has 13 heteroatoms. The monoisotopic (exact) mass is 529 g/mol. The van der Waals surface area contributed by atoms with Crippen molar-refractivity contribution in [3.05, 3.63) is 47.5 Å². The molecule has 1 aromatic heterocycles. The highest BCUT2D eigenvalue weighted by molar-refractivity contribution is 7.89. The van der Waals surface area contributed by atoms with Crippen molar-refractivity contribution in [2.24, 2.45) is 0 Å². The summed E-state index contributed by atoms with van der Waals surface area (Å²) in [6.45, 7) is 2.28. The van der Waals surface area contributed by atoms with Gasteiger partial charge in [0.15, 0.2) is 5.13 Å². The molecule has 0 atom stereocenters. The fourth-order valence-electron chi connectivity index (χ4n) is 3.95. The molecule has 0 spiro atoms. The Hall–Kier alpha value is -2.90. The molecule has 0 bridgehead atoms. The average molecular weight is 530 g/mol. The minimum atomic E-state index is -4.92. The standard InChI is InChI=1S/C22H22F3N3O5S2/c1-2-13-10-14(20(29)30)11-18-19(13)27-21(34-18)26-15-6-8-28(9-7-15)35(31,32)17-5-3-4-16(12-17)33-22(23,24)25/h3-5,10-12,15H,2,6-9H2,1H3,(H,26,27)(H,29,30). The molecule has 0 radical (unpaired) electrons. The number of sulfonamides is 1. The third-order valence-corrected chi connectivity index (χ3v) is 8.49. The number of rotatable bonds is 7. The van der Waals surface area contributed by atoms with Crippen LogP contribution < -0.4 is 10.1 Å². The maximum absolute atomic E-state index is 13.0. The number of piperidine rings is 1. The molecule has 1 fully saturated rings. The van der Waals surface area contributed by atoms with Crippen LogP contribution in [0.3, 0.4) is 0 Å². The number of aryl methyl sites for hydroxylation is 1. The van der Waals surface area contributed by atoms with Gasteiger partial charge in [0.1, 0.15) is 5.75 Å². The summed E-state index contributed by atoms with van der Waals surface area (Å²) in [5.41, 5.74) is 1.78. The first kappa shape index (κ1) is 25.2. The second-order valence-corrected chi connectivity index (χ2v) is 11.0. The van der Waals surface area contributed by atoms with Gasteiger partial charge in [-0.05, 0) is 49.1 Å². The fraction of sp³-hybridized carbons (Fsp3) is 0.364. The Labute approximate surface area is 203 Å². The zero-order chi connectivity index (χ0) is 25.4. The van der Waals surface area contributed by atoms with Crippen molar-refractivity contribution in [3.8, 4) is 5.75 Å². The average Bonchev–Trinajstić information content (AvgIpc) is 3.20. The third kappa shape index (κ3) is 5.68. The number of nitrogens with one attached hydrogen (secondary N) is 1. The van der Waals surface area contributed by atoms with E-state index in [-0.39, 0.29) is 29.6 Å². The number of hydrogen-bond acceptors (Lipinski definition) is 7. The van der Waals surface area contributed by atoms with Crippen molar-refractivity contribution in [2.45, 2.75) is 43.5 Å². The van der Waals surface area contributed by atoms with Gasteiger partial charge in [-0.1, -0.05) is 24.3 Å². The van der Waals surface area contributed by atoms with Crippen LogP contribution in [0.2, 0.25) is 0 Å². The number of carboxylic acids is 1. The molecule has 188 valence electrons. The van der Waals surface area contributed by atoms with E-state index in [0.29, 0.717) is 24.4 Å². The van der Waals surface area contributed by atoms with Crippen molar-refractivity contribution in [1.82, 2.24) is 9.29 Å². The first-order chi connectivity index (χ1) is 16.5. The van der Waals surface area contributed by atoms with Crippen molar-refractivity contribution < 1.29 is 36.2 Å². The second kappa shape index (κ2) is 9.63. The lowest BCUT2D eigenvalue weighted by atomic mass is 10.1. The zero-order valence-corrected chi connectivity index (χ0v) is 20.1. The summed E-state index contributed by atoms with van der Waals surface area (Å²) in [4.78, 5) is 15.7. The Morgan fingerprint density at radius 1 is 1.26 bits per heavy atom. The van der Waals surface area contributed by atoms with E-state index in [9.17, 15) is 31.5 Å². The minimum Gasteiger partial charge on any atom is -0.478 e. The lowest BCUT2D eigenvalue weighted by molar-refractivity contribution is -0.274. The van der Waals surface area contributed by atoms with Gasteiger partial charge in [0.25, 0.3) is 0 Å². The number of thiazole rings is 1. The van der Waals surface area contributed by atoms with Crippen molar-refractivity contribution in [2.75, 3.05) is 18.4 Å². The predicted octanol–water partition coefficient (Wildman–Crippen LogP) is 4.72. The molecule has 2 N–H and O–H groups in total. The SMILES string of the molecule is CCc1cc(C(=O)O)cc2sc(NC3CCN(S(=O)(=O)c4cccc(OC(F)(F)F)c4)CC3)nc12. The lowest BCUT2D eigenvalue weighted by Gasteiger charge is -2.31. The molecule has 0 unspecified atom stereocenters. The van der Waals surface area contributed by atoms with E-state index in [1.807, 2.05) is 6.92 Å². The Morgan fingerprint density at radius 3 is 2.60 bits per heavy atom. The van der Waals surface area contributed by atoms with Crippen LogP contribution in [0, 0.1) is 0 Å². The highest BCUT2D eigenvalue weighted by Crippen LogP contribution is 2.32. The second-order valence-electron chi connectivity index (χ2n) is 8.01. The van der Waals surface area contributed by atoms with Gasteiger partial charge in [0.2, 0.25) is 10.0 Å². The van der Waals surface area contributed by atoms with Gasteiger partial charge >= 0.3 is 12.3 Å². The maximum Gasteiger partial charge on any atom is 0.573 e. The molecule has 0 aliphatic carbocycles. The van der Waals surface area contributed by atoms with Crippen LogP contribution in [0.25, 0.3) is 10.2 Å². The number of nitrogens with zero attached hydrogens (tertiary/aromatic N) is 2. The van der Waals surface area contributed by atoms with Crippen molar-refractivity contribution in [1.29, 1.82) is 0 Å². The van der Waals surface area contributed by atoms with Gasteiger partial charge in [-0.3, -0.25) is 0 Å². The largest absolute Gasteiger partial charge is 0.573 e. The topological polar surface area (TPSA) is 109 Å². The third-order valence-electron chi connectivity index (χ3n) is 5.66. The number of carboxylic acid groups (broad SMARTS) is 1. The number of aromatic carboxylic acids is 1.